The van der Waals surface area contributed by atoms with Gasteiger partial charge in [-0.2, -0.15) is 0 Å². The molecule has 27 heavy (non-hydrogen) atoms. The number of rotatable bonds is 4. The number of fused-ring (bicyclic) bond motifs is 1. The molecule has 0 saturated carbocycles. The lowest BCUT2D eigenvalue weighted by atomic mass is 10.1. The minimum atomic E-state index is -0.265. The number of amides is 1. The Morgan fingerprint density at radius 3 is 2.74 bits per heavy atom. The number of nitrogens with zero attached hydrogens (tertiary/aromatic N) is 1. The quantitative estimate of drug-likeness (QED) is 0.710. The maximum absolute atomic E-state index is 12.6. The molecule has 3 aromatic rings. The lowest BCUT2D eigenvalue weighted by Crippen LogP contribution is -2.26. The number of carbonyl (C=O) groups is 1. The van der Waals surface area contributed by atoms with Gasteiger partial charge in [0, 0.05) is 30.1 Å². The topological polar surface area (TPSA) is 60.5 Å². The van der Waals surface area contributed by atoms with Crippen molar-refractivity contribution < 1.29 is 14.3 Å². The average molecular weight is 383 g/mol. The van der Waals surface area contributed by atoms with E-state index in [0.29, 0.717) is 29.7 Å². The second-order valence-electron chi connectivity index (χ2n) is 6.42. The smallest absolute Gasteiger partial charge is 0.257 e. The van der Waals surface area contributed by atoms with Crippen LogP contribution >= 0.6 is 11.6 Å². The van der Waals surface area contributed by atoms with Crippen LogP contribution in [0.5, 0.6) is 5.88 Å². The third-order valence-electron chi connectivity index (χ3n) is 4.55. The number of ether oxygens (including phenoxy) is 2. The summed E-state index contributed by atoms with van der Waals surface area (Å²) >= 11 is 6.29. The van der Waals surface area contributed by atoms with Crippen molar-refractivity contribution >= 4 is 34.0 Å². The fourth-order valence-corrected chi connectivity index (χ4v) is 3.33. The molecule has 5 nitrogen and oxygen atoms in total. The van der Waals surface area contributed by atoms with E-state index in [0.717, 1.165) is 29.3 Å². The van der Waals surface area contributed by atoms with Crippen molar-refractivity contribution in [3.8, 4) is 5.88 Å². The van der Waals surface area contributed by atoms with Gasteiger partial charge in [-0.1, -0.05) is 48.0 Å². The van der Waals surface area contributed by atoms with Crippen molar-refractivity contribution in [2.45, 2.75) is 18.9 Å². The molecule has 1 saturated heterocycles. The third kappa shape index (κ3) is 4.04. The van der Waals surface area contributed by atoms with E-state index >= 15 is 0 Å². The Morgan fingerprint density at radius 1 is 1.15 bits per heavy atom. The van der Waals surface area contributed by atoms with Crippen LogP contribution in [0.3, 0.4) is 0 Å². The van der Waals surface area contributed by atoms with E-state index in [1.54, 1.807) is 6.07 Å². The Labute approximate surface area is 162 Å². The standard InChI is InChI=1S/C21H19ClN2O3/c22-18-12-15(13-23-21(18)27-16-8-10-26-11-9-16)20(25)24-19-7-3-5-14-4-1-2-6-17(14)19/h1-7,12-13,16H,8-11H2,(H,24,25). The van der Waals surface area contributed by atoms with Gasteiger partial charge in [-0.15, -0.1) is 0 Å². The highest BCUT2D eigenvalue weighted by molar-refractivity contribution is 6.32. The summed E-state index contributed by atoms with van der Waals surface area (Å²) in [5, 5.41) is 5.30. The van der Waals surface area contributed by atoms with E-state index in [2.05, 4.69) is 10.3 Å². The molecule has 0 radical (unpaired) electrons. The number of pyridine rings is 1. The number of nitrogens with one attached hydrogen (secondary N) is 1. The van der Waals surface area contributed by atoms with Crippen LogP contribution < -0.4 is 10.1 Å². The van der Waals surface area contributed by atoms with Crippen LogP contribution in [0.1, 0.15) is 23.2 Å². The van der Waals surface area contributed by atoms with Crippen molar-refractivity contribution in [1.29, 1.82) is 0 Å². The molecule has 6 heteroatoms. The molecule has 1 amide bonds. The molecule has 0 unspecified atom stereocenters. The molecule has 1 aliphatic heterocycles. The molecule has 0 bridgehead atoms. The van der Waals surface area contributed by atoms with Gasteiger partial charge in [-0.05, 0) is 17.5 Å². The lowest BCUT2D eigenvalue weighted by Gasteiger charge is -2.23. The molecule has 2 aromatic carbocycles. The first-order chi connectivity index (χ1) is 13.2. The van der Waals surface area contributed by atoms with Crippen molar-refractivity contribution in [1.82, 2.24) is 4.98 Å². The molecule has 1 fully saturated rings. The SMILES string of the molecule is O=C(Nc1cccc2ccccc12)c1cnc(OC2CCOCC2)c(Cl)c1. The van der Waals surface area contributed by atoms with Crippen molar-refractivity contribution in [2.75, 3.05) is 18.5 Å². The molecule has 138 valence electrons. The van der Waals surface area contributed by atoms with Crippen molar-refractivity contribution in [2.24, 2.45) is 0 Å². The van der Waals surface area contributed by atoms with E-state index < -0.39 is 0 Å². The minimum absolute atomic E-state index is 0.0408. The molecule has 1 N–H and O–H groups in total. The summed E-state index contributed by atoms with van der Waals surface area (Å²) < 4.78 is 11.2. The normalized spacial score (nSPS) is 14.9. The van der Waals surface area contributed by atoms with Gasteiger partial charge >= 0.3 is 0 Å². The predicted octanol–water partition coefficient (Wildman–Crippen LogP) is 4.70. The van der Waals surface area contributed by atoms with Gasteiger partial charge in [0.25, 0.3) is 5.91 Å². The Bertz CT molecular complexity index is 965. The van der Waals surface area contributed by atoms with Gasteiger partial charge in [0.2, 0.25) is 5.88 Å². The molecule has 0 spiro atoms. The zero-order valence-corrected chi connectivity index (χ0v) is 15.4. The second-order valence-corrected chi connectivity index (χ2v) is 6.83. The highest BCUT2D eigenvalue weighted by Crippen LogP contribution is 2.27. The van der Waals surface area contributed by atoms with Crippen molar-refractivity contribution in [3.05, 3.63) is 65.3 Å². The monoisotopic (exact) mass is 382 g/mol. The number of hydrogen-bond donors (Lipinski definition) is 1. The van der Waals surface area contributed by atoms with Crippen LogP contribution in [0.25, 0.3) is 10.8 Å². The number of carbonyl (C=O) groups excluding carboxylic acids is 1. The maximum atomic E-state index is 12.6. The largest absolute Gasteiger partial charge is 0.473 e. The zero-order chi connectivity index (χ0) is 18.6. The van der Waals surface area contributed by atoms with Crippen LogP contribution in [0.15, 0.2) is 54.7 Å². The summed E-state index contributed by atoms with van der Waals surface area (Å²) in [6.07, 6.45) is 3.14. The Morgan fingerprint density at radius 2 is 1.93 bits per heavy atom. The average Bonchev–Trinajstić information content (AvgIpc) is 2.70. The summed E-state index contributed by atoms with van der Waals surface area (Å²) in [6.45, 7) is 1.35. The zero-order valence-electron chi connectivity index (χ0n) is 14.7. The molecule has 4 rings (SSSR count). The first-order valence-electron chi connectivity index (χ1n) is 8.90. The van der Waals surface area contributed by atoms with Crippen LogP contribution in [-0.2, 0) is 4.74 Å². The van der Waals surface area contributed by atoms with E-state index in [4.69, 9.17) is 21.1 Å². The van der Waals surface area contributed by atoms with E-state index in [1.165, 1.54) is 6.20 Å². The van der Waals surface area contributed by atoms with Crippen LogP contribution in [0.2, 0.25) is 5.02 Å². The number of halogens is 1. The highest BCUT2D eigenvalue weighted by Gasteiger charge is 2.18. The molecule has 0 aliphatic carbocycles. The molecule has 2 heterocycles. The summed E-state index contributed by atoms with van der Waals surface area (Å²) in [5.74, 6) is 0.0867. The molecule has 1 aliphatic rings. The first-order valence-corrected chi connectivity index (χ1v) is 9.27. The fraction of sp³-hybridized carbons (Fsp3) is 0.238. The molecule has 0 atom stereocenters. The summed E-state index contributed by atoms with van der Waals surface area (Å²) in [6, 6.07) is 15.3. The first kappa shape index (κ1) is 17.8. The minimum Gasteiger partial charge on any atom is -0.473 e. The van der Waals surface area contributed by atoms with Gasteiger partial charge < -0.3 is 14.8 Å². The number of anilines is 1. The Hall–Kier alpha value is -2.63. The van der Waals surface area contributed by atoms with E-state index in [1.807, 2.05) is 42.5 Å². The summed E-state index contributed by atoms with van der Waals surface area (Å²) in [5.41, 5.74) is 1.13. The molecule has 1 aromatic heterocycles. The Kier molecular flexibility index (Phi) is 5.23. The molecular weight excluding hydrogens is 364 g/mol. The van der Waals surface area contributed by atoms with E-state index in [-0.39, 0.29) is 12.0 Å². The molecular formula is C21H19ClN2O3. The van der Waals surface area contributed by atoms with Crippen molar-refractivity contribution in [3.63, 3.8) is 0 Å². The van der Waals surface area contributed by atoms with Crippen LogP contribution in [-0.4, -0.2) is 30.2 Å². The predicted molar refractivity (Wildman–Crippen MR) is 106 cm³/mol. The van der Waals surface area contributed by atoms with E-state index in [9.17, 15) is 4.79 Å². The number of benzene rings is 2. The van der Waals surface area contributed by atoms with Crippen LogP contribution in [0, 0.1) is 0 Å². The second kappa shape index (κ2) is 7.94. The maximum Gasteiger partial charge on any atom is 0.257 e. The van der Waals surface area contributed by atoms with Gasteiger partial charge in [-0.25, -0.2) is 4.98 Å². The van der Waals surface area contributed by atoms with Gasteiger partial charge in [0.1, 0.15) is 11.1 Å². The van der Waals surface area contributed by atoms with Crippen LogP contribution in [0.4, 0.5) is 5.69 Å². The number of hydrogen-bond acceptors (Lipinski definition) is 4. The van der Waals surface area contributed by atoms with Gasteiger partial charge in [0.05, 0.1) is 18.8 Å². The Balaban J connectivity index is 1.51. The van der Waals surface area contributed by atoms with Gasteiger partial charge in [-0.3, -0.25) is 4.79 Å². The lowest BCUT2D eigenvalue weighted by molar-refractivity contribution is 0.0238. The number of aromatic nitrogens is 1. The highest BCUT2D eigenvalue weighted by atomic mass is 35.5. The summed E-state index contributed by atoms with van der Waals surface area (Å²) in [7, 11) is 0. The fourth-order valence-electron chi connectivity index (χ4n) is 3.12. The summed E-state index contributed by atoms with van der Waals surface area (Å²) in [4.78, 5) is 16.9. The van der Waals surface area contributed by atoms with Gasteiger partial charge in [0.15, 0.2) is 0 Å². The third-order valence-corrected chi connectivity index (χ3v) is 4.82.